The molecule has 0 unspecified atom stereocenters. The second-order valence-electron chi connectivity index (χ2n) is 4.95. The van der Waals surface area contributed by atoms with E-state index >= 15 is 0 Å². The van der Waals surface area contributed by atoms with Crippen molar-refractivity contribution in [3.05, 3.63) is 83.9 Å². The van der Waals surface area contributed by atoms with Crippen LogP contribution in [0.4, 0.5) is 4.79 Å². The smallest absolute Gasteiger partial charge is 0.414 e. The summed E-state index contributed by atoms with van der Waals surface area (Å²) < 4.78 is 10.3. The molecule has 5 heteroatoms. The third kappa shape index (κ3) is 6.89. The molecule has 0 radical (unpaired) electrons. The Labute approximate surface area is 140 Å². The lowest BCUT2D eigenvalue weighted by atomic mass is 10.2. The largest absolute Gasteiger partial charge is 0.444 e. The highest BCUT2D eigenvalue weighted by molar-refractivity contribution is 5.98. The van der Waals surface area contributed by atoms with E-state index in [4.69, 9.17) is 9.47 Å². The molecule has 0 fully saturated rings. The first-order chi connectivity index (χ1) is 11.7. The van der Waals surface area contributed by atoms with Gasteiger partial charge in [-0.2, -0.15) is 0 Å². The molecule has 0 saturated carbocycles. The summed E-state index contributed by atoms with van der Waals surface area (Å²) in [5, 5.41) is 2.12. The normalized spacial score (nSPS) is 10.5. The van der Waals surface area contributed by atoms with Gasteiger partial charge in [0.2, 0.25) is 0 Å². The van der Waals surface area contributed by atoms with Gasteiger partial charge in [-0.3, -0.25) is 10.1 Å². The fraction of sp³-hybridized carbons (Fsp3) is 0.158. The van der Waals surface area contributed by atoms with E-state index in [1.165, 1.54) is 6.08 Å². The van der Waals surface area contributed by atoms with Gasteiger partial charge >= 0.3 is 6.09 Å². The summed E-state index contributed by atoms with van der Waals surface area (Å²) >= 11 is 0. The number of hydrogen-bond acceptors (Lipinski definition) is 4. The molecule has 24 heavy (non-hydrogen) atoms. The number of imide groups is 1. The zero-order valence-electron chi connectivity index (χ0n) is 13.2. The Morgan fingerprint density at radius 2 is 1.46 bits per heavy atom. The van der Waals surface area contributed by atoms with Gasteiger partial charge in [-0.15, -0.1) is 0 Å². The zero-order chi connectivity index (χ0) is 17.0. The summed E-state index contributed by atoms with van der Waals surface area (Å²) in [5.41, 5.74) is 1.91. The minimum absolute atomic E-state index is 0.115. The third-order valence-electron chi connectivity index (χ3n) is 3.03. The molecule has 2 rings (SSSR count). The monoisotopic (exact) mass is 325 g/mol. The number of carbonyl (C=O) groups excluding carboxylic acids is 2. The van der Waals surface area contributed by atoms with Crippen LogP contribution in [0.15, 0.2) is 72.8 Å². The summed E-state index contributed by atoms with van der Waals surface area (Å²) in [4.78, 5) is 23.0. The van der Waals surface area contributed by atoms with Crippen molar-refractivity contribution in [1.29, 1.82) is 0 Å². The van der Waals surface area contributed by atoms with Crippen LogP contribution < -0.4 is 5.32 Å². The fourth-order valence-electron chi connectivity index (χ4n) is 1.88. The van der Waals surface area contributed by atoms with Crippen LogP contribution in [0.3, 0.4) is 0 Å². The summed E-state index contributed by atoms with van der Waals surface area (Å²) in [6.45, 7) is 0.858. The second kappa shape index (κ2) is 9.97. The minimum Gasteiger partial charge on any atom is -0.444 e. The highest BCUT2D eigenvalue weighted by Crippen LogP contribution is 2.01. The SMILES string of the molecule is O=C(/C=C\COCc1ccccc1)NC(=O)OCc1ccccc1. The Bertz CT molecular complexity index is 668. The van der Waals surface area contributed by atoms with Crippen LogP contribution >= 0.6 is 0 Å². The lowest BCUT2D eigenvalue weighted by molar-refractivity contribution is -0.116. The summed E-state index contributed by atoms with van der Waals surface area (Å²) in [6.07, 6.45) is 2.01. The molecule has 2 aromatic carbocycles. The van der Waals surface area contributed by atoms with Gasteiger partial charge in [0.15, 0.2) is 0 Å². The van der Waals surface area contributed by atoms with Crippen molar-refractivity contribution < 1.29 is 19.1 Å². The van der Waals surface area contributed by atoms with E-state index < -0.39 is 12.0 Å². The number of alkyl carbamates (subject to hydrolysis) is 1. The summed E-state index contributed by atoms with van der Waals surface area (Å²) in [6, 6.07) is 18.9. The fourth-order valence-corrected chi connectivity index (χ4v) is 1.88. The highest BCUT2D eigenvalue weighted by Gasteiger charge is 2.05. The van der Waals surface area contributed by atoms with E-state index in [1.54, 1.807) is 6.08 Å². The van der Waals surface area contributed by atoms with Crippen LogP contribution in [0.1, 0.15) is 11.1 Å². The summed E-state index contributed by atoms with van der Waals surface area (Å²) in [7, 11) is 0. The molecule has 0 atom stereocenters. The molecular formula is C19H19NO4. The predicted molar refractivity (Wildman–Crippen MR) is 90.0 cm³/mol. The first kappa shape index (κ1) is 17.4. The highest BCUT2D eigenvalue weighted by atomic mass is 16.5. The molecular weight excluding hydrogens is 306 g/mol. The Kier molecular flexibility index (Phi) is 7.24. The van der Waals surface area contributed by atoms with Crippen molar-refractivity contribution in [2.45, 2.75) is 13.2 Å². The van der Waals surface area contributed by atoms with E-state index in [0.29, 0.717) is 6.61 Å². The second-order valence-corrected chi connectivity index (χ2v) is 4.95. The Morgan fingerprint density at radius 3 is 2.08 bits per heavy atom. The van der Waals surface area contributed by atoms with Crippen molar-refractivity contribution in [2.75, 3.05) is 6.61 Å². The van der Waals surface area contributed by atoms with Crippen molar-refractivity contribution in [1.82, 2.24) is 5.32 Å². The van der Waals surface area contributed by atoms with Crippen molar-refractivity contribution >= 4 is 12.0 Å². The zero-order valence-corrected chi connectivity index (χ0v) is 13.2. The lowest BCUT2D eigenvalue weighted by Crippen LogP contribution is -2.29. The van der Waals surface area contributed by atoms with Crippen LogP contribution in [-0.4, -0.2) is 18.6 Å². The summed E-state index contributed by atoms with van der Waals surface area (Å²) in [5.74, 6) is -0.545. The predicted octanol–water partition coefficient (Wildman–Crippen LogP) is 3.21. The molecule has 0 aliphatic heterocycles. The van der Waals surface area contributed by atoms with E-state index in [0.717, 1.165) is 11.1 Å². The number of nitrogens with one attached hydrogen (secondary N) is 1. The molecule has 0 aromatic heterocycles. The molecule has 0 saturated heterocycles. The first-order valence-electron chi connectivity index (χ1n) is 7.54. The van der Waals surface area contributed by atoms with Gasteiger partial charge in [-0.05, 0) is 11.1 Å². The van der Waals surface area contributed by atoms with Crippen molar-refractivity contribution in [2.24, 2.45) is 0 Å². The average Bonchev–Trinajstić information content (AvgIpc) is 2.61. The quantitative estimate of drug-likeness (QED) is 0.627. The number of carbonyl (C=O) groups is 2. The maximum absolute atomic E-state index is 11.5. The number of rotatable bonds is 7. The molecule has 0 heterocycles. The molecule has 0 aliphatic rings. The van der Waals surface area contributed by atoms with E-state index in [2.05, 4.69) is 5.32 Å². The van der Waals surface area contributed by atoms with Crippen LogP contribution in [0.5, 0.6) is 0 Å². The van der Waals surface area contributed by atoms with Crippen LogP contribution in [0, 0.1) is 0 Å². The minimum atomic E-state index is -0.779. The van der Waals surface area contributed by atoms with Gasteiger partial charge < -0.3 is 9.47 Å². The van der Waals surface area contributed by atoms with Crippen LogP contribution in [0.25, 0.3) is 0 Å². The van der Waals surface area contributed by atoms with Gasteiger partial charge in [0.05, 0.1) is 13.2 Å². The van der Waals surface area contributed by atoms with E-state index in [9.17, 15) is 9.59 Å². The first-order valence-corrected chi connectivity index (χ1v) is 7.54. The van der Waals surface area contributed by atoms with E-state index in [-0.39, 0.29) is 13.2 Å². The van der Waals surface area contributed by atoms with Gasteiger partial charge in [-0.25, -0.2) is 4.79 Å². The van der Waals surface area contributed by atoms with Crippen molar-refractivity contribution in [3.63, 3.8) is 0 Å². The van der Waals surface area contributed by atoms with Crippen molar-refractivity contribution in [3.8, 4) is 0 Å². The topological polar surface area (TPSA) is 64.6 Å². The molecule has 5 nitrogen and oxygen atoms in total. The van der Waals surface area contributed by atoms with E-state index in [1.807, 2.05) is 60.7 Å². The Hall–Kier alpha value is -2.92. The standard InChI is InChI=1S/C19H19NO4/c21-18(12-7-13-23-14-16-8-3-1-4-9-16)20-19(22)24-15-17-10-5-2-6-11-17/h1-12H,13-15H2,(H,20,21,22)/b12-7-. The molecule has 2 aromatic rings. The Morgan fingerprint density at radius 1 is 0.875 bits per heavy atom. The average molecular weight is 325 g/mol. The number of hydrogen-bond donors (Lipinski definition) is 1. The number of benzene rings is 2. The third-order valence-corrected chi connectivity index (χ3v) is 3.03. The maximum Gasteiger partial charge on any atom is 0.414 e. The lowest BCUT2D eigenvalue weighted by Gasteiger charge is -2.04. The van der Waals surface area contributed by atoms with Crippen LogP contribution in [0.2, 0.25) is 0 Å². The van der Waals surface area contributed by atoms with Crippen LogP contribution in [-0.2, 0) is 27.5 Å². The molecule has 0 spiro atoms. The Balaban J connectivity index is 1.60. The number of ether oxygens (including phenoxy) is 2. The maximum atomic E-state index is 11.5. The molecule has 0 bridgehead atoms. The molecule has 124 valence electrons. The molecule has 2 amide bonds. The van der Waals surface area contributed by atoms with Gasteiger partial charge in [0, 0.05) is 6.08 Å². The van der Waals surface area contributed by atoms with Gasteiger partial charge in [0.25, 0.3) is 5.91 Å². The van der Waals surface area contributed by atoms with Gasteiger partial charge in [-0.1, -0.05) is 66.7 Å². The van der Waals surface area contributed by atoms with Gasteiger partial charge in [0.1, 0.15) is 6.61 Å². The molecule has 1 N–H and O–H groups in total. The number of amides is 2. The molecule has 0 aliphatic carbocycles.